The van der Waals surface area contributed by atoms with Gasteiger partial charge in [0.25, 0.3) is 5.91 Å². The fourth-order valence-corrected chi connectivity index (χ4v) is 2.88. The van der Waals surface area contributed by atoms with E-state index in [0.29, 0.717) is 22.0 Å². The maximum atomic E-state index is 12.5. The van der Waals surface area contributed by atoms with Gasteiger partial charge in [-0.1, -0.05) is 17.7 Å². The van der Waals surface area contributed by atoms with Crippen molar-refractivity contribution in [3.8, 4) is 5.69 Å². The summed E-state index contributed by atoms with van der Waals surface area (Å²) in [5, 5.41) is 7.38. The average Bonchev–Trinajstić information content (AvgIpc) is 3.06. The Morgan fingerprint density at radius 1 is 1.21 bits per heavy atom. The molecule has 1 aromatic heterocycles. The van der Waals surface area contributed by atoms with Gasteiger partial charge in [0.2, 0.25) is 0 Å². The molecule has 7 nitrogen and oxygen atoms in total. The van der Waals surface area contributed by atoms with Gasteiger partial charge in [-0.25, -0.2) is 9.48 Å². The van der Waals surface area contributed by atoms with Crippen molar-refractivity contribution in [3.63, 3.8) is 0 Å². The van der Waals surface area contributed by atoms with Crippen molar-refractivity contribution in [2.75, 3.05) is 17.7 Å². The summed E-state index contributed by atoms with van der Waals surface area (Å²) in [5.41, 5.74) is 8.79. The van der Waals surface area contributed by atoms with Gasteiger partial charge >= 0.3 is 5.97 Å². The second-order valence-corrected chi connectivity index (χ2v) is 6.47. The highest BCUT2D eigenvalue weighted by Gasteiger charge is 2.17. The number of hydrogen-bond acceptors (Lipinski definition) is 5. The number of aromatic nitrogens is 2. The SMILES string of the molecule is CCOC(=O)c1cnn(-c2ccc(C(=O)Nc3ccc(C)cc3Cl)cc2)c1N. The molecule has 144 valence electrons. The third kappa shape index (κ3) is 3.99. The molecule has 1 heterocycles. The number of nitrogens with zero attached hydrogens (tertiary/aromatic N) is 2. The van der Waals surface area contributed by atoms with E-state index < -0.39 is 5.97 Å². The van der Waals surface area contributed by atoms with Gasteiger partial charge < -0.3 is 15.8 Å². The molecule has 0 spiro atoms. The molecule has 0 atom stereocenters. The van der Waals surface area contributed by atoms with Gasteiger partial charge in [-0.2, -0.15) is 5.10 Å². The Kier molecular flexibility index (Phi) is 5.65. The van der Waals surface area contributed by atoms with Gasteiger partial charge in [0.05, 0.1) is 29.2 Å². The van der Waals surface area contributed by atoms with Crippen molar-refractivity contribution < 1.29 is 14.3 Å². The quantitative estimate of drug-likeness (QED) is 0.636. The van der Waals surface area contributed by atoms with Crippen LogP contribution in [0.4, 0.5) is 11.5 Å². The molecule has 0 saturated carbocycles. The predicted octanol–water partition coefficient (Wildman–Crippen LogP) is 3.85. The van der Waals surface area contributed by atoms with Crippen LogP contribution in [0.2, 0.25) is 5.02 Å². The first kappa shape index (κ1) is 19.4. The summed E-state index contributed by atoms with van der Waals surface area (Å²) < 4.78 is 6.35. The Hall–Kier alpha value is -3.32. The molecule has 28 heavy (non-hydrogen) atoms. The topological polar surface area (TPSA) is 99.2 Å². The molecule has 3 N–H and O–H groups in total. The highest BCUT2D eigenvalue weighted by Crippen LogP contribution is 2.24. The van der Waals surface area contributed by atoms with E-state index in [9.17, 15) is 9.59 Å². The summed E-state index contributed by atoms with van der Waals surface area (Å²) in [6, 6.07) is 12.0. The van der Waals surface area contributed by atoms with Crippen LogP contribution in [-0.4, -0.2) is 28.3 Å². The lowest BCUT2D eigenvalue weighted by molar-refractivity contribution is 0.0527. The van der Waals surface area contributed by atoms with E-state index in [1.165, 1.54) is 10.9 Å². The van der Waals surface area contributed by atoms with Crippen LogP contribution >= 0.6 is 11.6 Å². The fraction of sp³-hybridized carbons (Fsp3) is 0.150. The molecule has 1 amide bonds. The number of benzene rings is 2. The molecule has 3 aromatic rings. The Morgan fingerprint density at radius 2 is 1.93 bits per heavy atom. The summed E-state index contributed by atoms with van der Waals surface area (Å²) in [6.45, 7) is 3.88. The van der Waals surface area contributed by atoms with Crippen molar-refractivity contribution in [1.29, 1.82) is 0 Å². The first-order valence-electron chi connectivity index (χ1n) is 8.59. The van der Waals surface area contributed by atoms with Gasteiger partial charge in [-0.15, -0.1) is 0 Å². The summed E-state index contributed by atoms with van der Waals surface area (Å²) in [7, 11) is 0. The van der Waals surface area contributed by atoms with Gasteiger partial charge in [0.15, 0.2) is 0 Å². The van der Waals surface area contributed by atoms with Crippen LogP contribution in [0.25, 0.3) is 5.69 Å². The van der Waals surface area contributed by atoms with E-state index in [-0.39, 0.29) is 23.9 Å². The number of ether oxygens (including phenoxy) is 1. The predicted molar refractivity (Wildman–Crippen MR) is 108 cm³/mol. The number of carbonyl (C=O) groups is 2. The molecule has 3 rings (SSSR count). The van der Waals surface area contributed by atoms with E-state index in [4.69, 9.17) is 22.1 Å². The summed E-state index contributed by atoms with van der Waals surface area (Å²) in [5.74, 6) is -0.655. The van der Waals surface area contributed by atoms with E-state index >= 15 is 0 Å². The van der Waals surface area contributed by atoms with Crippen molar-refractivity contribution in [2.45, 2.75) is 13.8 Å². The molecule has 0 aliphatic carbocycles. The number of nitrogens with one attached hydrogen (secondary N) is 1. The van der Waals surface area contributed by atoms with Crippen LogP contribution < -0.4 is 11.1 Å². The van der Waals surface area contributed by atoms with Crippen LogP contribution in [0.15, 0.2) is 48.7 Å². The van der Waals surface area contributed by atoms with Crippen LogP contribution in [0.3, 0.4) is 0 Å². The van der Waals surface area contributed by atoms with Gasteiger partial charge in [-0.3, -0.25) is 4.79 Å². The Labute approximate surface area is 167 Å². The molecular weight excluding hydrogens is 380 g/mol. The molecule has 8 heteroatoms. The number of hydrogen-bond donors (Lipinski definition) is 2. The fourth-order valence-electron chi connectivity index (χ4n) is 2.60. The molecule has 0 bridgehead atoms. The number of amides is 1. The summed E-state index contributed by atoms with van der Waals surface area (Å²) in [6.07, 6.45) is 1.35. The van der Waals surface area contributed by atoms with Crippen molar-refractivity contribution in [2.24, 2.45) is 0 Å². The Morgan fingerprint density at radius 3 is 2.57 bits per heavy atom. The van der Waals surface area contributed by atoms with Crippen molar-refractivity contribution in [3.05, 3.63) is 70.4 Å². The van der Waals surface area contributed by atoms with Crippen LogP contribution in [0.5, 0.6) is 0 Å². The van der Waals surface area contributed by atoms with Gasteiger partial charge in [0, 0.05) is 5.56 Å². The summed E-state index contributed by atoms with van der Waals surface area (Å²) >= 11 is 6.16. The molecule has 0 aliphatic rings. The number of carbonyl (C=O) groups excluding carboxylic acids is 2. The number of esters is 1. The molecule has 0 fully saturated rings. The first-order chi connectivity index (χ1) is 13.4. The van der Waals surface area contributed by atoms with E-state index in [0.717, 1.165) is 5.56 Å². The monoisotopic (exact) mass is 398 g/mol. The highest BCUT2D eigenvalue weighted by atomic mass is 35.5. The molecular formula is C20H19ClN4O3. The maximum Gasteiger partial charge on any atom is 0.343 e. The summed E-state index contributed by atoms with van der Waals surface area (Å²) in [4.78, 5) is 24.3. The minimum absolute atomic E-state index is 0.169. The van der Waals surface area contributed by atoms with Crippen molar-refractivity contribution >= 4 is 35.0 Å². The lowest BCUT2D eigenvalue weighted by atomic mass is 10.1. The molecule has 0 unspecified atom stereocenters. The third-order valence-corrected chi connectivity index (χ3v) is 4.36. The third-order valence-electron chi connectivity index (χ3n) is 4.05. The maximum absolute atomic E-state index is 12.5. The number of halogens is 1. The zero-order valence-electron chi connectivity index (χ0n) is 15.4. The number of rotatable bonds is 5. The lowest BCUT2D eigenvalue weighted by Crippen LogP contribution is -2.12. The van der Waals surface area contributed by atoms with Gasteiger partial charge in [0.1, 0.15) is 11.4 Å². The van der Waals surface area contributed by atoms with E-state index in [1.54, 1.807) is 43.3 Å². The Bertz CT molecular complexity index is 1030. The molecule has 2 aromatic carbocycles. The molecule has 0 aliphatic heterocycles. The van der Waals surface area contributed by atoms with Crippen molar-refractivity contribution in [1.82, 2.24) is 9.78 Å². The number of aryl methyl sites for hydroxylation is 1. The van der Waals surface area contributed by atoms with E-state index in [2.05, 4.69) is 10.4 Å². The van der Waals surface area contributed by atoms with Crippen LogP contribution in [0, 0.1) is 6.92 Å². The number of nitrogen functional groups attached to an aromatic ring is 1. The number of nitrogens with two attached hydrogens (primary N) is 1. The minimum atomic E-state index is -0.530. The number of anilines is 2. The minimum Gasteiger partial charge on any atom is -0.462 e. The lowest BCUT2D eigenvalue weighted by Gasteiger charge is -2.09. The smallest absolute Gasteiger partial charge is 0.343 e. The standard InChI is InChI=1S/C20H19ClN4O3/c1-3-28-20(27)15-11-23-25(18(15)22)14-7-5-13(6-8-14)19(26)24-17-9-4-12(2)10-16(17)21/h4-11H,3,22H2,1-2H3,(H,24,26). The average molecular weight is 399 g/mol. The molecule has 0 saturated heterocycles. The van der Waals surface area contributed by atoms with Crippen LogP contribution in [0.1, 0.15) is 33.2 Å². The normalized spacial score (nSPS) is 10.5. The van der Waals surface area contributed by atoms with E-state index in [1.807, 2.05) is 13.0 Å². The Balaban J connectivity index is 1.78. The zero-order valence-corrected chi connectivity index (χ0v) is 16.2. The second kappa shape index (κ2) is 8.14. The zero-order chi connectivity index (χ0) is 20.3. The first-order valence-corrected chi connectivity index (χ1v) is 8.97. The largest absolute Gasteiger partial charge is 0.462 e. The van der Waals surface area contributed by atoms with Gasteiger partial charge in [-0.05, 0) is 55.8 Å². The van der Waals surface area contributed by atoms with Crippen LogP contribution in [-0.2, 0) is 4.74 Å². The highest BCUT2D eigenvalue weighted by molar-refractivity contribution is 6.34. The second-order valence-electron chi connectivity index (χ2n) is 6.06. The molecule has 0 radical (unpaired) electrons.